The van der Waals surface area contributed by atoms with Gasteiger partial charge in [-0.2, -0.15) is 0 Å². The van der Waals surface area contributed by atoms with Crippen molar-refractivity contribution in [3.05, 3.63) is 96.3 Å². The molecule has 0 saturated heterocycles. The summed E-state index contributed by atoms with van der Waals surface area (Å²) in [4.78, 5) is 16.4. The van der Waals surface area contributed by atoms with Crippen molar-refractivity contribution in [2.45, 2.75) is 19.5 Å². The Morgan fingerprint density at radius 1 is 0.917 bits per heavy atom. The topological polar surface area (TPSA) is 73.9 Å². The predicted octanol–water partition coefficient (Wildman–Crippen LogP) is 4.54. The zero-order chi connectivity index (χ0) is 24.6. The lowest BCUT2D eigenvalue weighted by Crippen LogP contribution is -2.36. The number of aromatic nitrogens is 6. The first-order chi connectivity index (χ1) is 17.6. The van der Waals surface area contributed by atoms with Crippen LogP contribution in [0.2, 0.25) is 0 Å². The lowest BCUT2D eigenvalue weighted by molar-refractivity contribution is 0.213. The summed E-state index contributed by atoms with van der Waals surface area (Å²) in [5.74, 6) is 2.01. The summed E-state index contributed by atoms with van der Waals surface area (Å²) in [7, 11) is 3.76. The van der Waals surface area contributed by atoms with E-state index in [0.29, 0.717) is 17.4 Å². The zero-order valence-corrected chi connectivity index (χ0v) is 20.5. The van der Waals surface area contributed by atoms with E-state index in [-0.39, 0.29) is 6.04 Å². The van der Waals surface area contributed by atoms with Crippen LogP contribution in [0.1, 0.15) is 23.1 Å². The minimum atomic E-state index is -0.00115. The Hall–Kier alpha value is -4.30. The smallest absolute Gasteiger partial charge is 0.238 e. The molecule has 0 radical (unpaired) electrons. The van der Waals surface area contributed by atoms with Crippen molar-refractivity contribution in [2.75, 3.05) is 20.7 Å². The molecule has 0 fully saturated rings. The molecule has 2 aromatic carbocycles. The number of pyridine rings is 1. The van der Waals surface area contributed by atoms with Crippen molar-refractivity contribution in [2.24, 2.45) is 0 Å². The van der Waals surface area contributed by atoms with E-state index < -0.39 is 0 Å². The lowest BCUT2D eigenvalue weighted by atomic mass is 9.97. The van der Waals surface area contributed by atoms with Gasteiger partial charge in [-0.3, -0.25) is 4.90 Å². The molecule has 6 rings (SSSR count). The monoisotopic (exact) mass is 477 g/mol. The number of hydrogen-bond donors (Lipinski definition) is 0. The molecule has 1 atom stereocenters. The number of rotatable bonds is 5. The molecule has 1 aliphatic rings. The average molecular weight is 478 g/mol. The molecule has 3 aromatic heterocycles. The molecule has 0 spiro atoms. The number of hydrogen-bond acceptors (Lipinski definition) is 6. The Kier molecular flexibility index (Phi) is 5.58. The van der Waals surface area contributed by atoms with Crippen LogP contribution in [-0.2, 0) is 6.54 Å². The third-order valence-electron chi connectivity index (χ3n) is 6.61. The number of likely N-dealkylation sites (N-methyl/N-ethyl adjacent to an activating group) is 1. The zero-order valence-electron chi connectivity index (χ0n) is 20.5. The quantitative estimate of drug-likeness (QED) is 0.370. The molecule has 1 unspecified atom stereocenters. The first-order valence-corrected chi connectivity index (χ1v) is 12.0. The van der Waals surface area contributed by atoms with Crippen molar-refractivity contribution >= 4 is 0 Å². The maximum Gasteiger partial charge on any atom is 0.238 e. The molecule has 0 saturated carbocycles. The normalized spacial score (nSPS) is 15.6. The second-order valence-corrected chi connectivity index (χ2v) is 9.04. The van der Waals surface area contributed by atoms with Crippen LogP contribution in [0.3, 0.4) is 0 Å². The van der Waals surface area contributed by atoms with Crippen LogP contribution < -0.4 is 4.74 Å². The van der Waals surface area contributed by atoms with Gasteiger partial charge in [0.1, 0.15) is 17.2 Å². The largest absolute Gasteiger partial charge is 0.479 e. The summed E-state index contributed by atoms with van der Waals surface area (Å²) in [6.07, 6.45) is 3.70. The van der Waals surface area contributed by atoms with E-state index in [0.717, 1.165) is 30.3 Å². The van der Waals surface area contributed by atoms with Crippen LogP contribution in [-0.4, -0.2) is 54.9 Å². The molecule has 36 heavy (non-hydrogen) atoms. The maximum absolute atomic E-state index is 5.61. The highest BCUT2D eigenvalue weighted by atomic mass is 16.5. The van der Waals surface area contributed by atoms with Crippen LogP contribution >= 0.6 is 0 Å². The van der Waals surface area contributed by atoms with E-state index in [2.05, 4.69) is 65.5 Å². The third-order valence-corrected chi connectivity index (χ3v) is 6.61. The molecule has 180 valence electrons. The summed E-state index contributed by atoms with van der Waals surface area (Å²) in [5.41, 5.74) is 6.00. The van der Waals surface area contributed by atoms with E-state index in [4.69, 9.17) is 19.8 Å². The van der Waals surface area contributed by atoms with Crippen molar-refractivity contribution in [1.29, 1.82) is 0 Å². The lowest BCUT2D eigenvalue weighted by Gasteiger charge is -2.32. The number of benzene rings is 2. The van der Waals surface area contributed by atoms with Gasteiger partial charge in [0.15, 0.2) is 5.82 Å². The second kappa shape index (κ2) is 9.05. The van der Waals surface area contributed by atoms with Crippen molar-refractivity contribution < 1.29 is 4.74 Å². The predicted molar refractivity (Wildman–Crippen MR) is 138 cm³/mol. The molecule has 8 heteroatoms. The Labute approximate surface area is 209 Å². The third kappa shape index (κ3) is 3.95. The Morgan fingerprint density at radius 2 is 1.75 bits per heavy atom. The van der Waals surface area contributed by atoms with Crippen LogP contribution in [0.5, 0.6) is 5.88 Å². The Morgan fingerprint density at radius 3 is 2.53 bits per heavy atom. The average Bonchev–Trinajstić information content (AvgIpc) is 3.55. The maximum atomic E-state index is 5.61. The fourth-order valence-electron chi connectivity index (χ4n) is 4.79. The van der Waals surface area contributed by atoms with Gasteiger partial charge >= 0.3 is 0 Å². The summed E-state index contributed by atoms with van der Waals surface area (Å²) in [6, 6.07) is 23.0. The minimum absolute atomic E-state index is 0.00115. The molecular formula is C28H27N7O. The van der Waals surface area contributed by atoms with Gasteiger partial charge in [0, 0.05) is 12.7 Å². The summed E-state index contributed by atoms with van der Waals surface area (Å²) < 4.78 is 9.52. The second-order valence-electron chi connectivity index (χ2n) is 9.04. The number of fused-ring (bicyclic) bond motifs is 1. The van der Waals surface area contributed by atoms with Gasteiger partial charge in [0.25, 0.3) is 0 Å². The van der Waals surface area contributed by atoms with E-state index in [1.807, 2.05) is 40.6 Å². The highest BCUT2D eigenvalue weighted by Gasteiger charge is 2.30. The highest BCUT2D eigenvalue weighted by Crippen LogP contribution is 2.33. The van der Waals surface area contributed by atoms with Crippen LogP contribution in [0.25, 0.3) is 28.3 Å². The molecule has 1 aliphatic heterocycles. The molecule has 5 aromatic rings. The molecule has 4 heterocycles. The van der Waals surface area contributed by atoms with Crippen LogP contribution in [0, 0.1) is 6.92 Å². The van der Waals surface area contributed by atoms with Gasteiger partial charge in [-0.25, -0.2) is 19.6 Å². The highest BCUT2D eigenvalue weighted by molar-refractivity contribution is 5.64. The Balaban J connectivity index is 1.38. The fourth-order valence-corrected chi connectivity index (χ4v) is 4.79. The number of nitrogens with zero attached hydrogens (tertiary/aromatic N) is 7. The molecule has 0 bridgehead atoms. The summed E-state index contributed by atoms with van der Waals surface area (Å²) in [6.45, 7) is 3.61. The number of imidazole rings is 1. The standard InChI is InChI=1S/C28H27N7O/c1-19-17-34(18-29-19)24-13-12-23(30-28(24)36-3)26-31-27-25(33(2)14-15-35(27)32-26)22-11-7-10-21(16-22)20-8-5-4-6-9-20/h4-13,16-18,25H,14-15H2,1-3H3. The fraction of sp³-hybridized carbons (Fsp3) is 0.214. The SMILES string of the molecule is COc1nc(-c2nc3n(n2)CCN(C)C3c2cccc(-c3ccccc3)c2)ccc1-n1cnc(C)c1. The summed E-state index contributed by atoms with van der Waals surface area (Å²) >= 11 is 0. The molecule has 0 N–H and O–H groups in total. The Bertz CT molecular complexity index is 1520. The first-order valence-electron chi connectivity index (χ1n) is 12.0. The van der Waals surface area contributed by atoms with Crippen molar-refractivity contribution in [1.82, 2.24) is 34.2 Å². The van der Waals surface area contributed by atoms with Crippen molar-refractivity contribution in [3.63, 3.8) is 0 Å². The number of methoxy groups -OCH3 is 1. The molecule has 0 aliphatic carbocycles. The molecule has 8 nitrogen and oxygen atoms in total. The molecule has 0 amide bonds. The minimum Gasteiger partial charge on any atom is -0.479 e. The summed E-state index contributed by atoms with van der Waals surface area (Å²) in [5, 5.41) is 4.84. The van der Waals surface area contributed by atoms with E-state index in [1.165, 1.54) is 16.7 Å². The number of ether oxygens (including phenoxy) is 1. The number of aryl methyl sites for hydroxylation is 1. The van der Waals surface area contributed by atoms with E-state index in [9.17, 15) is 0 Å². The van der Waals surface area contributed by atoms with Crippen LogP contribution in [0.15, 0.2) is 79.3 Å². The van der Waals surface area contributed by atoms with E-state index in [1.54, 1.807) is 13.4 Å². The van der Waals surface area contributed by atoms with E-state index >= 15 is 0 Å². The van der Waals surface area contributed by atoms with Gasteiger partial charge in [-0.15, -0.1) is 5.10 Å². The van der Waals surface area contributed by atoms with Gasteiger partial charge in [0.2, 0.25) is 5.88 Å². The van der Waals surface area contributed by atoms with Gasteiger partial charge < -0.3 is 9.30 Å². The van der Waals surface area contributed by atoms with Gasteiger partial charge in [-0.1, -0.05) is 48.5 Å². The first kappa shape index (κ1) is 22.2. The van der Waals surface area contributed by atoms with Crippen LogP contribution in [0.4, 0.5) is 0 Å². The van der Waals surface area contributed by atoms with Gasteiger partial charge in [-0.05, 0) is 48.9 Å². The van der Waals surface area contributed by atoms with Gasteiger partial charge in [0.05, 0.1) is 31.7 Å². The molecular weight excluding hydrogens is 450 g/mol. The van der Waals surface area contributed by atoms with Crippen molar-refractivity contribution in [3.8, 4) is 34.2 Å².